The molecule has 0 bridgehead atoms. The number of hydrogen-bond donors (Lipinski definition) is 0. The topological polar surface area (TPSA) is 34.9 Å². The van der Waals surface area contributed by atoms with E-state index in [1.54, 1.807) is 6.08 Å². The summed E-state index contributed by atoms with van der Waals surface area (Å²) >= 11 is 11.1. The summed E-state index contributed by atoms with van der Waals surface area (Å²) in [6.45, 7) is 3.86. The average Bonchev–Trinajstić information content (AvgIpc) is 2.07. The summed E-state index contributed by atoms with van der Waals surface area (Å²) in [7, 11) is 0. The molecule has 0 amide bonds. The maximum atomic E-state index is 11.2. The highest BCUT2D eigenvalue weighted by Gasteiger charge is 2.05. The Morgan fingerprint density at radius 1 is 1.67 bits per heavy atom. The normalized spacial score (nSPS) is 9.83. The molecule has 0 aromatic carbocycles. The smallest absolute Gasteiger partial charge is 0.273 e. The Morgan fingerprint density at radius 2 is 2.33 bits per heavy atom. The molecule has 0 saturated carbocycles. The van der Waals surface area contributed by atoms with E-state index in [-0.39, 0.29) is 15.7 Å². The summed E-state index contributed by atoms with van der Waals surface area (Å²) in [5, 5.41) is -0.0250. The van der Waals surface area contributed by atoms with Gasteiger partial charge in [0, 0.05) is 6.54 Å². The Kier molecular flexibility index (Phi) is 2.89. The van der Waals surface area contributed by atoms with Gasteiger partial charge >= 0.3 is 0 Å². The highest BCUT2D eigenvalue weighted by Crippen LogP contribution is 2.12. The molecule has 5 heteroatoms. The summed E-state index contributed by atoms with van der Waals surface area (Å²) in [5.74, 6) is 0. The van der Waals surface area contributed by atoms with E-state index in [0.717, 1.165) is 0 Å². The lowest BCUT2D eigenvalue weighted by molar-refractivity contribution is 0.755. The zero-order valence-corrected chi connectivity index (χ0v) is 7.64. The van der Waals surface area contributed by atoms with Crippen LogP contribution in [0, 0.1) is 0 Å². The van der Waals surface area contributed by atoms with Gasteiger partial charge in [-0.05, 0) is 0 Å². The van der Waals surface area contributed by atoms with Crippen LogP contribution >= 0.6 is 23.2 Å². The number of hydrogen-bond acceptors (Lipinski definition) is 2. The molecular formula is C7H6Cl2N2O. The Morgan fingerprint density at radius 3 is 2.92 bits per heavy atom. The van der Waals surface area contributed by atoms with Gasteiger partial charge in [0.1, 0.15) is 5.02 Å². The molecule has 0 aliphatic carbocycles. The largest absolute Gasteiger partial charge is 0.294 e. The minimum atomic E-state index is -0.350. The molecular weight excluding hydrogens is 199 g/mol. The van der Waals surface area contributed by atoms with Crippen molar-refractivity contribution in [3.05, 3.63) is 39.5 Å². The summed E-state index contributed by atoms with van der Waals surface area (Å²) in [6.07, 6.45) is 2.91. The lowest BCUT2D eigenvalue weighted by Gasteiger charge is -2.01. The van der Waals surface area contributed by atoms with Crippen molar-refractivity contribution >= 4 is 23.2 Å². The fourth-order valence-corrected chi connectivity index (χ4v) is 0.995. The Bertz CT molecular complexity index is 359. The van der Waals surface area contributed by atoms with Crippen molar-refractivity contribution in [2.45, 2.75) is 6.54 Å². The third-order valence-electron chi connectivity index (χ3n) is 1.27. The Hall–Kier alpha value is -0.800. The van der Waals surface area contributed by atoms with Crippen LogP contribution < -0.4 is 5.56 Å². The minimum absolute atomic E-state index is 0.0296. The van der Waals surface area contributed by atoms with Gasteiger partial charge in [0.2, 0.25) is 0 Å². The predicted molar refractivity (Wildman–Crippen MR) is 48.7 cm³/mol. The third-order valence-corrected chi connectivity index (χ3v) is 1.99. The van der Waals surface area contributed by atoms with Gasteiger partial charge in [-0.15, -0.1) is 6.58 Å². The highest BCUT2D eigenvalue weighted by molar-refractivity contribution is 6.40. The summed E-state index contributed by atoms with van der Waals surface area (Å²) in [5.41, 5.74) is -0.350. The van der Waals surface area contributed by atoms with Crippen molar-refractivity contribution in [3.63, 3.8) is 0 Å². The molecule has 0 radical (unpaired) electrons. The second-order valence-corrected chi connectivity index (χ2v) is 2.83. The molecule has 1 rings (SSSR count). The van der Waals surface area contributed by atoms with Gasteiger partial charge in [-0.25, -0.2) is 4.98 Å². The Labute approximate surface area is 79.3 Å². The van der Waals surface area contributed by atoms with Crippen LogP contribution in [0.4, 0.5) is 0 Å². The number of nitrogens with zero attached hydrogens (tertiary/aromatic N) is 2. The fraction of sp³-hybridized carbons (Fsp3) is 0.143. The molecule has 3 nitrogen and oxygen atoms in total. The first-order valence-corrected chi connectivity index (χ1v) is 3.93. The molecule has 12 heavy (non-hydrogen) atoms. The lowest BCUT2D eigenvalue weighted by atomic mass is 10.5. The van der Waals surface area contributed by atoms with E-state index in [9.17, 15) is 4.79 Å². The van der Waals surface area contributed by atoms with Crippen LogP contribution in [0.5, 0.6) is 0 Å². The van der Waals surface area contributed by atoms with E-state index >= 15 is 0 Å². The lowest BCUT2D eigenvalue weighted by Crippen LogP contribution is -2.20. The third kappa shape index (κ3) is 1.68. The molecule has 0 fully saturated rings. The van der Waals surface area contributed by atoms with Crippen molar-refractivity contribution in [1.82, 2.24) is 9.55 Å². The van der Waals surface area contributed by atoms with Crippen molar-refractivity contribution in [3.8, 4) is 0 Å². The Balaban J connectivity index is 3.26. The number of halogens is 2. The van der Waals surface area contributed by atoms with Crippen LogP contribution in [-0.4, -0.2) is 9.55 Å². The van der Waals surface area contributed by atoms with Crippen LogP contribution in [-0.2, 0) is 6.54 Å². The molecule has 0 saturated heterocycles. The summed E-state index contributed by atoms with van der Waals surface area (Å²) in [4.78, 5) is 14.9. The SMILES string of the molecule is C=CCn1cnc(Cl)c(Cl)c1=O. The van der Waals surface area contributed by atoms with Gasteiger partial charge in [-0.1, -0.05) is 29.3 Å². The molecule has 0 spiro atoms. The van der Waals surface area contributed by atoms with E-state index in [2.05, 4.69) is 11.6 Å². The second kappa shape index (κ2) is 3.74. The van der Waals surface area contributed by atoms with Gasteiger partial charge in [-0.2, -0.15) is 0 Å². The van der Waals surface area contributed by atoms with Crippen LogP contribution in [0.25, 0.3) is 0 Å². The van der Waals surface area contributed by atoms with Gasteiger partial charge in [0.25, 0.3) is 5.56 Å². The van der Waals surface area contributed by atoms with Crippen molar-refractivity contribution in [1.29, 1.82) is 0 Å². The van der Waals surface area contributed by atoms with E-state index in [1.165, 1.54) is 10.9 Å². The molecule has 1 aromatic heterocycles. The number of rotatable bonds is 2. The molecule has 1 aromatic rings. The van der Waals surface area contributed by atoms with Crippen LogP contribution in [0.3, 0.4) is 0 Å². The highest BCUT2D eigenvalue weighted by atomic mass is 35.5. The zero-order chi connectivity index (χ0) is 9.14. The summed E-state index contributed by atoms with van der Waals surface area (Å²) < 4.78 is 1.32. The monoisotopic (exact) mass is 204 g/mol. The van der Waals surface area contributed by atoms with E-state index < -0.39 is 0 Å². The fourth-order valence-electron chi connectivity index (χ4n) is 0.713. The van der Waals surface area contributed by atoms with E-state index in [0.29, 0.717) is 6.54 Å². The molecule has 1 heterocycles. The maximum Gasteiger partial charge on any atom is 0.273 e. The van der Waals surface area contributed by atoms with Crippen molar-refractivity contribution in [2.75, 3.05) is 0 Å². The van der Waals surface area contributed by atoms with Crippen LogP contribution in [0.2, 0.25) is 10.2 Å². The van der Waals surface area contributed by atoms with Crippen molar-refractivity contribution < 1.29 is 0 Å². The number of aromatic nitrogens is 2. The summed E-state index contributed by atoms with van der Waals surface area (Å²) in [6, 6.07) is 0. The van der Waals surface area contributed by atoms with E-state index in [1.807, 2.05) is 0 Å². The first-order chi connectivity index (χ1) is 5.66. The average molecular weight is 205 g/mol. The van der Waals surface area contributed by atoms with Gasteiger partial charge in [-0.3, -0.25) is 9.36 Å². The molecule has 0 N–H and O–H groups in total. The number of allylic oxidation sites excluding steroid dienone is 1. The standard InChI is InChI=1S/C7H6Cl2N2O/c1-2-3-11-4-10-6(9)5(8)7(11)12/h2,4H,1,3H2. The zero-order valence-electron chi connectivity index (χ0n) is 6.13. The first-order valence-electron chi connectivity index (χ1n) is 3.18. The molecule has 0 aliphatic heterocycles. The van der Waals surface area contributed by atoms with E-state index in [4.69, 9.17) is 23.2 Å². The van der Waals surface area contributed by atoms with Crippen molar-refractivity contribution in [2.24, 2.45) is 0 Å². The van der Waals surface area contributed by atoms with Gasteiger partial charge < -0.3 is 0 Å². The second-order valence-electron chi connectivity index (χ2n) is 2.10. The first kappa shape index (κ1) is 9.29. The van der Waals surface area contributed by atoms with Crippen LogP contribution in [0.1, 0.15) is 0 Å². The molecule has 0 unspecified atom stereocenters. The van der Waals surface area contributed by atoms with Crippen LogP contribution in [0.15, 0.2) is 23.8 Å². The predicted octanol–water partition coefficient (Wildman–Crippen LogP) is 1.74. The minimum Gasteiger partial charge on any atom is -0.294 e. The quantitative estimate of drug-likeness (QED) is 0.544. The molecule has 0 atom stereocenters. The maximum absolute atomic E-state index is 11.2. The van der Waals surface area contributed by atoms with Gasteiger partial charge in [0.05, 0.1) is 6.33 Å². The molecule has 0 aliphatic rings. The molecule has 64 valence electrons. The van der Waals surface area contributed by atoms with Gasteiger partial charge in [0.15, 0.2) is 5.15 Å².